The highest BCUT2D eigenvalue weighted by molar-refractivity contribution is 6.02. The first kappa shape index (κ1) is 20.2. The number of halogens is 2. The van der Waals surface area contributed by atoms with Gasteiger partial charge in [0, 0.05) is 17.8 Å². The standard InChI is InChI=1S/C20H19F2NO6/c1-25-14-5-4-13(11-15(14)29-20(21)22)23-18(24)6-3-12-9-16(26-2)19-17(10-12)27-7-8-28-19/h3-6,9-11,20H,7-8H2,1-2H3,(H,23,24)/b6-3+. The molecule has 0 spiro atoms. The van der Waals surface area contributed by atoms with Crippen LogP contribution in [-0.4, -0.2) is 40.0 Å². The van der Waals surface area contributed by atoms with Crippen LogP contribution in [0, 0.1) is 0 Å². The van der Waals surface area contributed by atoms with Gasteiger partial charge in [-0.3, -0.25) is 4.79 Å². The third kappa shape index (κ3) is 5.07. The number of anilines is 1. The molecule has 9 heteroatoms. The van der Waals surface area contributed by atoms with Gasteiger partial charge in [0.25, 0.3) is 0 Å². The number of amides is 1. The lowest BCUT2D eigenvalue weighted by atomic mass is 10.1. The van der Waals surface area contributed by atoms with Crippen molar-refractivity contribution in [2.45, 2.75) is 6.61 Å². The Labute approximate surface area is 165 Å². The average Bonchev–Trinajstić information content (AvgIpc) is 2.71. The molecule has 0 atom stereocenters. The molecule has 2 aromatic rings. The molecule has 1 aliphatic rings. The summed E-state index contributed by atoms with van der Waals surface area (Å²) in [6, 6.07) is 7.62. The Kier molecular flexibility index (Phi) is 6.38. The van der Waals surface area contributed by atoms with Crippen molar-refractivity contribution in [1.82, 2.24) is 0 Å². The lowest BCUT2D eigenvalue weighted by molar-refractivity contribution is -0.111. The van der Waals surface area contributed by atoms with Crippen molar-refractivity contribution in [3.05, 3.63) is 42.0 Å². The number of hydrogen-bond acceptors (Lipinski definition) is 6. The van der Waals surface area contributed by atoms with E-state index in [1.54, 1.807) is 18.2 Å². The Morgan fingerprint density at radius 2 is 1.83 bits per heavy atom. The number of hydrogen-bond donors (Lipinski definition) is 1. The van der Waals surface area contributed by atoms with E-state index in [0.717, 1.165) is 0 Å². The van der Waals surface area contributed by atoms with Crippen LogP contribution in [0.1, 0.15) is 5.56 Å². The smallest absolute Gasteiger partial charge is 0.387 e. The van der Waals surface area contributed by atoms with E-state index in [1.165, 1.54) is 38.5 Å². The zero-order valence-corrected chi connectivity index (χ0v) is 15.7. The summed E-state index contributed by atoms with van der Waals surface area (Å²) in [6.45, 7) is -2.16. The Hall–Kier alpha value is -3.49. The molecule has 1 aliphatic heterocycles. The van der Waals surface area contributed by atoms with Crippen molar-refractivity contribution in [2.75, 3.05) is 32.8 Å². The second-order valence-electron chi connectivity index (χ2n) is 5.81. The lowest BCUT2D eigenvalue weighted by Gasteiger charge is -2.20. The van der Waals surface area contributed by atoms with Gasteiger partial charge in [-0.15, -0.1) is 0 Å². The van der Waals surface area contributed by atoms with E-state index in [1.807, 2.05) is 0 Å². The predicted molar refractivity (Wildman–Crippen MR) is 101 cm³/mol. The van der Waals surface area contributed by atoms with Gasteiger partial charge in [-0.1, -0.05) is 0 Å². The van der Waals surface area contributed by atoms with E-state index in [0.29, 0.717) is 36.0 Å². The van der Waals surface area contributed by atoms with E-state index in [9.17, 15) is 13.6 Å². The Morgan fingerprint density at radius 1 is 1.07 bits per heavy atom. The van der Waals surface area contributed by atoms with Crippen LogP contribution in [0.4, 0.5) is 14.5 Å². The van der Waals surface area contributed by atoms with E-state index >= 15 is 0 Å². The van der Waals surface area contributed by atoms with E-state index in [2.05, 4.69) is 10.1 Å². The van der Waals surface area contributed by atoms with Crippen molar-refractivity contribution in [2.24, 2.45) is 0 Å². The number of ether oxygens (including phenoxy) is 5. The highest BCUT2D eigenvalue weighted by Gasteiger charge is 2.18. The van der Waals surface area contributed by atoms with Gasteiger partial charge < -0.3 is 29.0 Å². The van der Waals surface area contributed by atoms with E-state index in [4.69, 9.17) is 18.9 Å². The minimum absolute atomic E-state index is 0.127. The third-order valence-electron chi connectivity index (χ3n) is 3.92. The summed E-state index contributed by atoms with van der Waals surface area (Å²) in [4.78, 5) is 12.2. The summed E-state index contributed by atoms with van der Waals surface area (Å²) in [5, 5.41) is 2.57. The van der Waals surface area contributed by atoms with Gasteiger partial charge in [-0.2, -0.15) is 8.78 Å². The first-order valence-electron chi connectivity index (χ1n) is 8.59. The second-order valence-corrected chi connectivity index (χ2v) is 5.81. The molecule has 29 heavy (non-hydrogen) atoms. The SMILES string of the molecule is COc1ccc(NC(=O)/C=C/c2cc(OC)c3c(c2)OCCO3)cc1OC(F)F. The highest BCUT2D eigenvalue weighted by atomic mass is 19.3. The van der Waals surface area contributed by atoms with E-state index in [-0.39, 0.29) is 17.2 Å². The molecule has 154 valence electrons. The Bertz CT molecular complexity index is 899. The van der Waals surface area contributed by atoms with Crippen molar-refractivity contribution in [1.29, 1.82) is 0 Å². The van der Waals surface area contributed by atoms with Crippen LogP contribution in [0.25, 0.3) is 6.08 Å². The first-order chi connectivity index (χ1) is 14.0. The molecule has 2 aromatic carbocycles. The second kappa shape index (κ2) is 9.13. The van der Waals surface area contributed by atoms with Crippen molar-refractivity contribution in [3.63, 3.8) is 0 Å². The molecule has 1 N–H and O–H groups in total. The maximum Gasteiger partial charge on any atom is 0.387 e. The number of methoxy groups -OCH3 is 2. The van der Waals surface area contributed by atoms with Crippen LogP contribution in [0.2, 0.25) is 0 Å². The highest BCUT2D eigenvalue weighted by Crippen LogP contribution is 2.40. The van der Waals surface area contributed by atoms with Gasteiger partial charge in [-0.25, -0.2) is 0 Å². The Balaban J connectivity index is 1.73. The maximum absolute atomic E-state index is 12.5. The predicted octanol–water partition coefficient (Wildman–Crippen LogP) is 3.73. The van der Waals surface area contributed by atoms with Crippen LogP contribution in [-0.2, 0) is 4.79 Å². The van der Waals surface area contributed by atoms with Crippen LogP contribution in [0.5, 0.6) is 28.7 Å². The topological polar surface area (TPSA) is 75.3 Å². The van der Waals surface area contributed by atoms with E-state index < -0.39 is 12.5 Å². The summed E-state index contributed by atoms with van der Waals surface area (Å²) in [5.74, 6) is 1.02. The van der Waals surface area contributed by atoms with Crippen LogP contribution in [0.15, 0.2) is 36.4 Å². The number of carbonyl (C=O) groups is 1. The van der Waals surface area contributed by atoms with Crippen LogP contribution < -0.4 is 29.0 Å². The monoisotopic (exact) mass is 407 g/mol. The number of nitrogens with one attached hydrogen (secondary N) is 1. The normalized spacial score (nSPS) is 12.7. The molecule has 0 bridgehead atoms. The molecule has 0 saturated carbocycles. The number of carbonyl (C=O) groups excluding carboxylic acids is 1. The van der Waals surface area contributed by atoms with Crippen molar-refractivity contribution >= 4 is 17.7 Å². The van der Waals surface area contributed by atoms with Gasteiger partial charge in [0.1, 0.15) is 13.2 Å². The summed E-state index contributed by atoms with van der Waals surface area (Å²) in [7, 11) is 2.84. The molecule has 1 heterocycles. The molecule has 0 unspecified atom stereocenters. The molecule has 7 nitrogen and oxygen atoms in total. The summed E-state index contributed by atoms with van der Waals surface area (Å²) in [5.41, 5.74) is 0.938. The molecule has 0 aromatic heterocycles. The fraction of sp³-hybridized carbons (Fsp3) is 0.250. The third-order valence-corrected chi connectivity index (χ3v) is 3.92. The average molecular weight is 407 g/mol. The van der Waals surface area contributed by atoms with Gasteiger partial charge in [0.2, 0.25) is 11.7 Å². The summed E-state index contributed by atoms with van der Waals surface area (Å²) in [6.07, 6.45) is 2.86. The zero-order valence-electron chi connectivity index (χ0n) is 15.7. The van der Waals surface area contributed by atoms with Gasteiger partial charge in [0.15, 0.2) is 23.0 Å². The Morgan fingerprint density at radius 3 is 2.55 bits per heavy atom. The van der Waals surface area contributed by atoms with Gasteiger partial charge in [0.05, 0.1) is 14.2 Å². The van der Waals surface area contributed by atoms with Gasteiger partial charge >= 0.3 is 6.61 Å². The first-order valence-corrected chi connectivity index (χ1v) is 8.59. The minimum Gasteiger partial charge on any atom is -0.493 e. The maximum atomic E-state index is 12.5. The molecule has 0 fully saturated rings. The number of fused-ring (bicyclic) bond motifs is 1. The largest absolute Gasteiger partial charge is 0.493 e. The number of alkyl halides is 2. The van der Waals surface area contributed by atoms with Crippen LogP contribution in [0.3, 0.4) is 0 Å². The lowest BCUT2D eigenvalue weighted by Crippen LogP contribution is -2.16. The van der Waals surface area contributed by atoms with Gasteiger partial charge in [-0.05, 0) is 35.9 Å². The summed E-state index contributed by atoms with van der Waals surface area (Å²) >= 11 is 0. The number of benzene rings is 2. The summed E-state index contributed by atoms with van der Waals surface area (Å²) < 4.78 is 50.8. The minimum atomic E-state index is -3.01. The molecule has 3 rings (SSSR count). The fourth-order valence-electron chi connectivity index (χ4n) is 2.69. The van der Waals surface area contributed by atoms with Crippen molar-refractivity contribution in [3.8, 4) is 28.7 Å². The molecule has 0 aliphatic carbocycles. The molecular formula is C20H19F2NO6. The molecule has 1 amide bonds. The molecular weight excluding hydrogens is 388 g/mol. The van der Waals surface area contributed by atoms with Crippen LogP contribution >= 0.6 is 0 Å². The number of rotatable bonds is 7. The molecule has 0 saturated heterocycles. The molecule has 0 radical (unpaired) electrons. The van der Waals surface area contributed by atoms with Crippen molar-refractivity contribution < 1.29 is 37.3 Å². The quantitative estimate of drug-likeness (QED) is 0.705. The zero-order chi connectivity index (χ0) is 20.8. The fourth-order valence-corrected chi connectivity index (χ4v) is 2.69.